The molecule has 0 saturated heterocycles. The van der Waals surface area contributed by atoms with Crippen molar-refractivity contribution >= 4 is 11.7 Å². The van der Waals surface area contributed by atoms with Crippen LogP contribution in [0.2, 0.25) is 0 Å². The summed E-state index contributed by atoms with van der Waals surface area (Å²) in [5.41, 5.74) is 10.8. The predicted octanol–water partition coefficient (Wildman–Crippen LogP) is 5.84. The molecule has 0 aliphatic carbocycles. The molecule has 29 heavy (non-hydrogen) atoms. The van der Waals surface area contributed by atoms with E-state index in [1.807, 2.05) is 31.2 Å². The first-order chi connectivity index (χ1) is 13.3. The zero-order valence-electron chi connectivity index (χ0n) is 19.3. The highest BCUT2D eigenvalue weighted by Gasteiger charge is 2.24. The fourth-order valence-corrected chi connectivity index (χ4v) is 3.35. The zero-order chi connectivity index (χ0) is 22.0. The van der Waals surface area contributed by atoms with E-state index in [0.717, 1.165) is 24.1 Å². The van der Waals surface area contributed by atoms with Crippen LogP contribution in [0.15, 0.2) is 30.3 Å². The summed E-state index contributed by atoms with van der Waals surface area (Å²) in [5, 5.41) is 3.21. The van der Waals surface area contributed by atoms with E-state index in [-0.39, 0.29) is 22.8 Å². The van der Waals surface area contributed by atoms with Gasteiger partial charge >= 0.3 is 0 Å². The molecule has 0 radical (unpaired) electrons. The van der Waals surface area contributed by atoms with Crippen LogP contribution in [-0.2, 0) is 10.8 Å². The van der Waals surface area contributed by atoms with E-state index >= 15 is 0 Å². The maximum absolute atomic E-state index is 13.3. The number of anilines is 1. The number of pyridine rings is 1. The molecule has 2 aromatic rings. The van der Waals surface area contributed by atoms with Gasteiger partial charge in [0, 0.05) is 5.56 Å². The number of nitrogens with two attached hydrogens (primary N) is 1. The maximum Gasteiger partial charge on any atom is 0.251 e. The molecule has 0 saturated carbocycles. The lowest BCUT2D eigenvalue weighted by Gasteiger charge is -2.26. The number of aromatic nitrogens is 1. The Morgan fingerprint density at radius 2 is 1.55 bits per heavy atom. The van der Waals surface area contributed by atoms with Crippen molar-refractivity contribution in [1.29, 1.82) is 0 Å². The summed E-state index contributed by atoms with van der Waals surface area (Å²) in [6, 6.07) is 9.95. The lowest BCUT2D eigenvalue weighted by atomic mass is 9.79. The second-order valence-corrected chi connectivity index (χ2v) is 10.1. The predicted molar refractivity (Wildman–Crippen MR) is 122 cm³/mol. The Kier molecular flexibility index (Phi) is 6.77. The topological polar surface area (TPSA) is 68.0 Å². The molecule has 4 heteroatoms. The number of aryl methyl sites for hydroxylation is 1. The highest BCUT2D eigenvalue weighted by Crippen LogP contribution is 2.30. The Labute approximate surface area is 176 Å². The van der Waals surface area contributed by atoms with Crippen LogP contribution in [0.25, 0.3) is 0 Å². The average Bonchev–Trinajstić information content (AvgIpc) is 2.58. The van der Waals surface area contributed by atoms with Crippen LogP contribution >= 0.6 is 0 Å². The molecule has 158 valence electrons. The van der Waals surface area contributed by atoms with E-state index in [0.29, 0.717) is 11.4 Å². The van der Waals surface area contributed by atoms with Gasteiger partial charge < -0.3 is 11.1 Å². The minimum Gasteiger partial charge on any atom is -0.384 e. The van der Waals surface area contributed by atoms with Gasteiger partial charge in [-0.15, -0.1) is 0 Å². The van der Waals surface area contributed by atoms with Gasteiger partial charge in [0.2, 0.25) is 0 Å². The van der Waals surface area contributed by atoms with E-state index in [9.17, 15) is 4.79 Å². The quantitative estimate of drug-likeness (QED) is 0.668. The number of hydrogen-bond acceptors (Lipinski definition) is 3. The Morgan fingerprint density at radius 1 is 1.00 bits per heavy atom. The van der Waals surface area contributed by atoms with Crippen LogP contribution in [-0.4, -0.2) is 10.9 Å². The van der Waals surface area contributed by atoms with E-state index < -0.39 is 0 Å². The Hall–Kier alpha value is -2.36. The molecule has 1 aromatic carbocycles. The molecular formula is C25H37N3O. The number of benzene rings is 1. The number of amides is 1. The van der Waals surface area contributed by atoms with E-state index in [2.05, 4.69) is 64.8 Å². The summed E-state index contributed by atoms with van der Waals surface area (Å²) in [4.78, 5) is 17.7. The van der Waals surface area contributed by atoms with Crippen molar-refractivity contribution in [3.8, 4) is 0 Å². The van der Waals surface area contributed by atoms with Crippen LogP contribution in [0, 0.1) is 6.92 Å². The average molecular weight is 396 g/mol. The smallest absolute Gasteiger partial charge is 0.251 e. The molecular weight excluding hydrogens is 358 g/mol. The monoisotopic (exact) mass is 395 g/mol. The maximum atomic E-state index is 13.3. The van der Waals surface area contributed by atoms with Gasteiger partial charge in [-0.1, -0.05) is 61.0 Å². The third kappa shape index (κ3) is 6.06. The first-order valence-corrected chi connectivity index (χ1v) is 10.5. The van der Waals surface area contributed by atoms with Gasteiger partial charge in [0.25, 0.3) is 5.91 Å². The molecule has 1 amide bonds. The molecule has 4 nitrogen and oxygen atoms in total. The van der Waals surface area contributed by atoms with Crippen molar-refractivity contribution in [2.75, 3.05) is 5.73 Å². The summed E-state index contributed by atoms with van der Waals surface area (Å²) in [6.45, 7) is 17.2. The lowest BCUT2D eigenvalue weighted by Crippen LogP contribution is -2.30. The van der Waals surface area contributed by atoms with Gasteiger partial charge in [-0.3, -0.25) is 4.79 Å². The van der Waals surface area contributed by atoms with Gasteiger partial charge in [-0.25, -0.2) is 4.98 Å². The number of nitrogens with one attached hydrogen (secondary N) is 1. The summed E-state index contributed by atoms with van der Waals surface area (Å²) in [6.07, 6.45) is 1.75. The molecule has 0 aliphatic rings. The summed E-state index contributed by atoms with van der Waals surface area (Å²) in [7, 11) is 0. The third-order valence-electron chi connectivity index (χ3n) is 5.18. The van der Waals surface area contributed by atoms with Crippen LogP contribution in [0.4, 0.5) is 5.82 Å². The van der Waals surface area contributed by atoms with E-state index in [4.69, 9.17) is 5.73 Å². The highest BCUT2D eigenvalue weighted by molar-refractivity contribution is 5.95. The summed E-state index contributed by atoms with van der Waals surface area (Å²) in [5.74, 6) is 0.419. The Balaban J connectivity index is 2.43. The van der Waals surface area contributed by atoms with Crippen molar-refractivity contribution in [3.05, 3.63) is 58.3 Å². The minimum absolute atomic E-state index is 0.0361. The third-order valence-corrected chi connectivity index (χ3v) is 5.18. The molecule has 0 spiro atoms. The number of rotatable bonds is 5. The van der Waals surface area contributed by atoms with Crippen molar-refractivity contribution in [1.82, 2.24) is 10.3 Å². The molecule has 1 aromatic heterocycles. The fourth-order valence-electron chi connectivity index (χ4n) is 3.35. The first-order valence-electron chi connectivity index (χ1n) is 10.5. The molecule has 1 atom stereocenters. The molecule has 2 rings (SSSR count). The van der Waals surface area contributed by atoms with Gasteiger partial charge in [0.15, 0.2) is 0 Å². The number of nitrogens with zero attached hydrogens (tertiary/aromatic N) is 1. The molecule has 1 unspecified atom stereocenters. The molecule has 0 fully saturated rings. The summed E-state index contributed by atoms with van der Waals surface area (Å²) >= 11 is 0. The summed E-state index contributed by atoms with van der Waals surface area (Å²) < 4.78 is 0. The lowest BCUT2D eigenvalue weighted by molar-refractivity contribution is 0.0933. The van der Waals surface area contributed by atoms with Gasteiger partial charge in [-0.05, 0) is 65.1 Å². The van der Waals surface area contributed by atoms with E-state index in [1.165, 1.54) is 11.1 Å². The van der Waals surface area contributed by atoms with Crippen molar-refractivity contribution in [2.45, 2.75) is 85.1 Å². The number of carbonyl (C=O) groups excluding carboxylic acids is 1. The second kappa shape index (κ2) is 8.56. The Morgan fingerprint density at radius 3 is 2.00 bits per heavy atom. The number of nitrogen functional groups attached to an aromatic ring is 1. The van der Waals surface area contributed by atoms with Crippen LogP contribution in [0.1, 0.15) is 100 Å². The molecule has 0 bridgehead atoms. The van der Waals surface area contributed by atoms with Gasteiger partial charge in [0.1, 0.15) is 5.82 Å². The number of carbonyl (C=O) groups is 1. The Bertz CT molecular complexity index is 820. The molecule has 0 aliphatic heterocycles. The van der Waals surface area contributed by atoms with Crippen molar-refractivity contribution in [2.24, 2.45) is 0 Å². The highest BCUT2D eigenvalue weighted by atomic mass is 16.1. The standard InChI is InChI=1S/C25H37N3O/c1-9-10-20(21-11-16(2)12-22(26)27-21)28-23(29)17-13-18(24(3,4)5)15-19(14-17)25(6,7)8/h11-15,20H,9-10H2,1-8H3,(H2,26,27)(H,28,29). The van der Waals surface area contributed by atoms with Gasteiger partial charge in [0.05, 0.1) is 11.7 Å². The van der Waals surface area contributed by atoms with E-state index in [1.54, 1.807) is 0 Å². The van der Waals surface area contributed by atoms with Gasteiger partial charge in [-0.2, -0.15) is 0 Å². The van der Waals surface area contributed by atoms with Crippen LogP contribution in [0.3, 0.4) is 0 Å². The fraction of sp³-hybridized carbons (Fsp3) is 0.520. The SMILES string of the molecule is CCCC(NC(=O)c1cc(C(C)(C)C)cc(C(C)(C)C)c1)c1cc(C)cc(N)n1. The first kappa shape index (κ1) is 22.9. The largest absolute Gasteiger partial charge is 0.384 e. The van der Waals surface area contributed by atoms with Crippen LogP contribution < -0.4 is 11.1 Å². The number of hydrogen-bond donors (Lipinski definition) is 2. The zero-order valence-corrected chi connectivity index (χ0v) is 19.3. The molecule has 3 N–H and O–H groups in total. The second-order valence-electron chi connectivity index (χ2n) is 10.1. The van der Waals surface area contributed by atoms with Crippen molar-refractivity contribution < 1.29 is 4.79 Å². The normalized spacial score (nSPS) is 13.2. The molecule has 1 heterocycles. The van der Waals surface area contributed by atoms with Crippen molar-refractivity contribution in [3.63, 3.8) is 0 Å². The minimum atomic E-state index is -0.161. The van der Waals surface area contributed by atoms with Crippen LogP contribution in [0.5, 0.6) is 0 Å².